The van der Waals surface area contributed by atoms with Gasteiger partial charge < -0.3 is 11.1 Å². The van der Waals surface area contributed by atoms with Gasteiger partial charge in [0, 0.05) is 18.5 Å². The first-order valence-electron chi connectivity index (χ1n) is 11.7. The summed E-state index contributed by atoms with van der Waals surface area (Å²) in [6.07, 6.45) is 4.07. The standard InChI is InChI=1S/C26H29N5O2S/c27-25-23-7-3-4-8-24(23)30-26(31-25)28-16-18-9-11-19(12-10-18)17-29-34(32,33)22-14-13-20-5-1-2-6-21(20)15-22/h1-8,13-15,18-19,29H,9-12,16-17H2,(H3,27,28,30,31). The van der Waals surface area contributed by atoms with Gasteiger partial charge in [0.2, 0.25) is 16.0 Å². The zero-order chi connectivity index (χ0) is 23.5. The highest BCUT2D eigenvalue weighted by atomic mass is 32.2. The van der Waals surface area contributed by atoms with E-state index in [0.29, 0.717) is 35.0 Å². The number of nitrogens with one attached hydrogen (secondary N) is 2. The van der Waals surface area contributed by atoms with Gasteiger partial charge in [0.25, 0.3) is 0 Å². The number of hydrogen-bond donors (Lipinski definition) is 3. The van der Waals surface area contributed by atoms with E-state index in [1.54, 1.807) is 12.1 Å². The van der Waals surface area contributed by atoms with Crippen molar-refractivity contribution in [2.24, 2.45) is 11.8 Å². The van der Waals surface area contributed by atoms with E-state index in [1.165, 1.54) is 0 Å². The topological polar surface area (TPSA) is 110 Å². The molecule has 0 aliphatic heterocycles. The van der Waals surface area contributed by atoms with Crippen molar-refractivity contribution < 1.29 is 8.42 Å². The van der Waals surface area contributed by atoms with Crippen LogP contribution in [0, 0.1) is 11.8 Å². The summed E-state index contributed by atoms with van der Waals surface area (Å²) in [5, 5.41) is 6.16. The highest BCUT2D eigenvalue weighted by Crippen LogP contribution is 2.29. The molecule has 1 heterocycles. The molecule has 1 aliphatic carbocycles. The van der Waals surface area contributed by atoms with Gasteiger partial charge in [-0.25, -0.2) is 18.1 Å². The maximum atomic E-state index is 12.8. The third-order valence-corrected chi connectivity index (χ3v) is 8.16. The van der Waals surface area contributed by atoms with Crippen LogP contribution in [-0.4, -0.2) is 31.5 Å². The van der Waals surface area contributed by atoms with Crippen molar-refractivity contribution >= 4 is 43.5 Å². The van der Waals surface area contributed by atoms with Crippen LogP contribution in [0.5, 0.6) is 0 Å². The van der Waals surface area contributed by atoms with Crippen LogP contribution in [0.25, 0.3) is 21.7 Å². The van der Waals surface area contributed by atoms with Crippen LogP contribution in [-0.2, 0) is 10.0 Å². The minimum atomic E-state index is -3.52. The number of rotatable bonds is 7. The predicted octanol–water partition coefficient (Wildman–Crippen LogP) is 4.56. The summed E-state index contributed by atoms with van der Waals surface area (Å²) in [5.41, 5.74) is 6.91. The summed E-state index contributed by atoms with van der Waals surface area (Å²) in [5.74, 6) is 1.89. The molecule has 1 aliphatic rings. The molecule has 4 N–H and O–H groups in total. The molecule has 0 spiro atoms. The summed E-state index contributed by atoms with van der Waals surface area (Å²) in [7, 11) is -3.52. The van der Waals surface area contributed by atoms with Crippen LogP contribution in [0.1, 0.15) is 25.7 Å². The van der Waals surface area contributed by atoms with Crippen LogP contribution in [0.3, 0.4) is 0 Å². The van der Waals surface area contributed by atoms with Crippen molar-refractivity contribution in [2.75, 3.05) is 24.1 Å². The average molecular weight is 476 g/mol. The summed E-state index contributed by atoms with van der Waals surface area (Å²) in [4.78, 5) is 9.26. The molecule has 176 valence electrons. The molecule has 0 atom stereocenters. The molecule has 0 unspecified atom stereocenters. The summed E-state index contributed by atoms with van der Waals surface area (Å²) >= 11 is 0. The number of para-hydroxylation sites is 1. The Morgan fingerprint density at radius 2 is 1.50 bits per heavy atom. The van der Waals surface area contributed by atoms with E-state index in [2.05, 4.69) is 20.0 Å². The summed E-state index contributed by atoms with van der Waals surface area (Å²) in [6, 6.07) is 20.8. The molecule has 8 heteroatoms. The Balaban J connectivity index is 1.12. The third kappa shape index (κ3) is 4.98. The van der Waals surface area contributed by atoms with Crippen molar-refractivity contribution in [2.45, 2.75) is 30.6 Å². The Morgan fingerprint density at radius 3 is 2.29 bits per heavy atom. The van der Waals surface area contributed by atoms with Gasteiger partial charge in [-0.15, -0.1) is 0 Å². The highest BCUT2D eigenvalue weighted by molar-refractivity contribution is 7.89. The maximum absolute atomic E-state index is 12.8. The third-order valence-electron chi connectivity index (χ3n) is 6.74. The molecule has 7 nitrogen and oxygen atoms in total. The number of hydrogen-bond acceptors (Lipinski definition) is 6. The van der Waals surface area contributed by atoms with Crippen LogP contribution in [0.15, 0.2) is 71.6 Å². The lowest BCUT2D eigenvalue weighted by Crippen LogP contribution is -2.32. The van der Waals surface area contributed by atoms with E-state index in [-0.39, 0.29) is 0 Å². The minimum Gasteiger partial charge on any atom is -0.383 e. The predicted molar refractivity (Wildman–Crippen MR) is 137 cm³/mol. The summed E-state index contributed by atoms with van der Waals surface area (Å²) < 4.78 is 28.5. The van der Waals surface area contributed by atoms with E-state index >= 15 is 0 Å². The van der Waals surface area contributed by atoms with E-state index in [9.17, 15) is 8.42 Å². The molecule has 1 aromatic heterocycles. The molecule has 0 saturated heterocycles. The van der Waals surface area contributed by atoms with Crippen LogP contribution in [0.4, 0.5) is 11.8 Å². The SMILES string of the molecule is Nc1nc(NCC2CCC(CNS(=O)(=O)c3ccc4ccccc4c3)CC2)nc2ccccc12. The Bertz CT molecular complexity index is 1420. The molecule has 3 aromatic carbocycles. The smallest absolute Gasteiger partial charge is 0.240 e. The Morgan fingerprint density at radius 1 is 0.824 bits per heavy atom. The van der Waals surface area contributed by atoms with Gasteiger partial charge in [-0.05, 0) is 72.6 Å². The lowest BCUT2D eigenvalue weighted by Gasteiger charge is -2.28. The van der Waals surface area contributed by atoms with E-state index in [4.69, 9.17) is 5.73 Å². The molecule has 4 aromatic rings. The lowest BCUT2D eigenvalue weighted by molar-refractivity contribution is 0.284. The van der Waals surface area contributed by atoms with Gasteiger partial charge in [-0.3, -0.25) is 0 Å². The molecule has 1 saturated carbocycles. The lowest BCUT2D eigenvalue weighted by atomic mass is 9.82. The number of aromatic nitrogens is 2. The van der Waals surface area contributed by atoms with Gasteiger partial charge >= 0.3 is 0 Å². The fourth-order valence-corrected chi connectivity index (χ4v) is 5.85. The van der Waals surface area contributed by atoms with Gasteiger partial charge in [0.15, 0.2) is 0 Å². The number of fused-ring (bicyclic) bond motifs is 2. The van der Waals surface area contributed by atoms with Crippen LogP contribution in [0.2, 0.25) is 0 Å². The quantitative estimate of drug-likeness (QED) is 0.361. The molecule has 34 heavy (non-hydrogen) atoms. The number of anilines is 2. The molecule has 0 amide bonds. The zero-order valence-corrected chi connectivity index (χ0v) is 19.8. The monoisotopic (exact) mass is 475 g/mol. The maximum Gasteiger partial charge on any atom is 0.240 e. The number of nitrogens with zero attached hydrogens (tertiary/aromatic N) is 2. The normalized spacial score (nSPS) is 18.8. The summed E-state index contributed by atoms with van der Waals surface area (Å²) in [6.45, 7) is 1.26. The molecule has 0 radical (unpaired) electrons. The highest BCUT2D eigenvalue weighted by Gasteiger charge is 2.23. The Hall–Kier alpha value is -3.23. The second-order valence-electron chi connectivity index (χ2n) is 9.08. The van der Waals surface area contributed by atoms with Gasteiger partial charge in [0.1, 0.15) is 5.82 Å². The van der Waals surface area contributed by atoms with E-state index in [0.717, 1.165) is 53.9 Å². The van der Waals surface area contributed by atoms with Crippen LogP contribution >= 0.6 is 0 Å². The number of sulfonamides is 1. The molecule has 5 rings (SSSR count). The average Bonchev–Trinajstić information content (AvgIpc) is 2.86. The van der Waals surface area contributed by atoms with Crippen molar-refractivity contribution in [3.05, 3.63) is 66.7 Å². The van der Waals surface area contributed by atoms with E-state index in [1.807, 2.05) is 54.6 Å². The van der Waals surface area contributed by atoms with Crippen LogP contribution < -0.4 is 15.8 Å². The number of nitrogens with two attached hydrogens (primary N) is 1. The Kier molecular flexibility index (Phi) is 6.34. The minimum absolute atomic E-state index is 0.318. The molecular formula is C26H29N5O2S. The zero-order valence-electron chi connectivity index (χ0n) is 18.9. The van der Waals surface area contributed by atoms with Crippen molar-refractivity contribution in [1.29, 1.82) is 0 Å². The second-order valence-corrected chi connectivity index (χ2v) is 10.8. The fourth-order valence-electron chi connectivity index (χ4n) is 4.70. The van der Waals surface area contributed by atoms with Crippen molar-refractivity contribution in [1.82, 2.24) is 14.7 Å². The second kappa shape index (κ2) is 9.56. The number of nitrogen functional groups attached to an aromatic ring is 1. The first-order chi connectivity index (χ1) is 16.5. The largest absolute Gasteiger partial charge is 0.383 e. The van der Waals surface area contributed by atoms with Crippen molar-refractivity contribution in [3.63, 3.8) is 0 Å². The van der Waals surface area contributed by atoms with Gasteiger partial charge in [-0.1, -0.05) is 42.5 Å². The van der Waals surface area contributed by atoms with Crippen molar-refractivity contribution in [3.8, 4) is 0 Å². The van der Waals surface area contributed by atoms with Gasteiger partial charge in [-0.2, -0.15) is 4.98 Å². The molecule has 0 bridgehead atoms. The first kappa shape index (κ1) is 22.6. The number of benzene rings is 3. The molecule has 1 fully saturated rings. The van der Waals surface area contributed by atoms with E-state index < -0.39 is 10.0 Å². The fraction of sp³-hybridized carbons (Fsp3) is 0.308. The first-order valence-corrected chi connectivity index (χ1v) is 13.2. The molecular weight excluding hydrogens is 446 g/mol. The Labute approximate surface area is 199 Å². The van der Waals surface area contributed by atoms with Gasteiger partial charge in [0.05, 0.1) is 10.4 Å².